The third kappa shape index (κ3) is 3.44. The van der Waals surface area contributed by atoms with Gasteiger partial charge in [-0.1, -0.05) is 19.8 Å². The van der Waals surface area contributed by atoms with Gasteiger partial charge in [0, 0.05) is 30.1 Å². The Morgan fingerprint density at radius 1 is 1.25 bits per heavy atom. The highest BCUT2D eigenvalue weighted by Crippen LogP contribution is 2.32. The molecular formula is C17H28N2S. The lowest BCUT2D eigenvalue weighted by molar-refractivity contribution is 0.174. The van der Waals surface area contributed by atoms with E-state index in [1.54, 1.807) is 0 Å². The predicted octanol–water partition coefficient (Wildman–Crippen LogP) is 3.71. The minimum Gasteiger partial charge on any atom is -0.310 e. The normalized spacial score (nSPS) is 30.1. The third-order valence-electron chi connectivity index (χ3n) is 5.14. The van der Waals surface area contributed by atoms with Crippen LogP contribution in [0.2, 0.25) is 0 Å². The molecule has 0 amide bonds. The highest BCUT2D eigenvalue weighted by Gasteiger charge is 2.31. The van der Waals surface area contributed by atoms with Gasteiger partial charge in [0.05, 0.1) is 0 Å². The van der Waals surface area contributed by atoms with E-state index in [1.165, 1.54) is 49.0 Å². The van der Waals surface area contributed by atoms with Crippen LogP contribution in [0.5, 0.6) is 0 Å². The van der Waals surface area contributed by atoms with Crippen LogP contribution in [0.3, 0.4) is 0 Å². The van der Waals surface area contributed by atoms with E-state index < -0.39 is 0 Å². The summed E-state index contributed by atoms with van der Waals surface area (Å²) < 4.78 is 0. The fourth-order valence-corrected chi connectivity index (χ4v) is 4.88. The van der Waals surface area contributed by atoms with Crippen LogP contribution in [0.15, 0.2) is 11.4 Å². The summed E-state index contributed by atoms with van der Waals surface area (Å²) in [5, 5.41) is 9.80. The predicted molar refractivity (Wildman–Crippen MR) is 87.3 cm³/mol. The van der Waals surface area contributed by atoms with E-state index in [9.17, 15) is 0 Å². The molecule has 3 atom stereocenters. The summed E-state index contributed by atoms with van der Waals surface area (Å²) in [4.78, 5) is 1.53. The van der Waals surface area contributed by atoms with Crippen LogP contribution in [0.25, 0.3) is 0 Å². The average molecular weight is 292 g/mol. The lowest BCUT2D eigenvalue weighted by atomic mass is 9.78. The van der Waals surface area contributed by atoms with Crippen LogP contribution < -0.4 is 10.6 Å². The highest BCUT2D eigenvalue weighted by molar-refractivity contribution is 7.10. The lowest BCUT2D eigenvalue weighted by Crippen LogP contribution is -2.52. The zero-order valence-electron chi connectivity index (χ0n) is 12.7. The van der Waals surface area contributed by atoms with Crippen molar-refractivity contribution in [3.05, 3.63) is 21.9 Å². The fraction of sp³-hybridized carbons (Fsp3) is 0.765. The van der Waals surface area contributed by atoms with Crippen molar-refractivity contribution in [2.24, 2.45) is 5.92 Å². The first-order valence-electron chi connectivity index (χ1n) is 8.39. The molecule has 3 unspecified atom stereocenters. The molecule has 1 aliphatic heterocycles. The van der Waals surface area contributed by atoms with Gasteiger partial charge in [-0.2, -0.15) is 0 Å². The molecule has 3 heteroatoms. The Bertz CT molecular complexity index is 415. The number of nitrogens with one attached hydrogen (secondary N) is 2. The van der Waals surface area contributed by atoms with Crippen LogP contribution in [0.1, 0.15) is 55.9 Å². The quantitative estimate of drug-likeness (QED) is 0.864. The van der Waals surface area contributed by atoms with Crippen LogP contribution >= 0.6 is 11.3 Å². The summed E-state index contributed by atoms with van der Waals surface area (Å²) in [5.41, 5.74) is 1.52. The topological polar surface area (TPSA) is 24.1 Å². The number of thiophene rings is 1. The largest absolute Gasteiger partial charge is 0.310 e. The Morgan fingerprint density at radius 2 is 2.15 bits per heavy atom. The summed E-state index contributed by atoms with van der Waals surface area (Å²) in [6.45, 7) is 4.43. The number of piperidine rings is 1. The van der Waals surface area contributed by atoms with Crippen molar-refractivity contribution in [3.63, 3.8) is 0 Å². The van der Waals surface area contributed by atoms with Crippen molar-refractivity contribution >= 4 is 11.3 Å². The molecule has 1 aromatic heterocycles. The van der Waals surface area contributed by atoms with E-state index >= 15 is 0 Å². The van der Waals surface area contributed by atoms with Gasteiger partial charge >= 0.3 is 0 Å². The van der Waals surface area contributed by atoms with E-state index in [1.807, 2.05) is 11.3 Å². The minimum atomic E-state index is 0.694. The van der Waals surface area contributed by atoms with Crippen molar-refractivity contribution in [2.45, 2.75) is 70.5 Å². The fourth-order valence-electron chi connectivity index (χ4n) is 3.93. The summed E-state index contributed by atoms with van der Waals surface area (Å²) in [7, 11) is 0. The third-order valence-corrected chi connectivity index (χ3v) is 6.10. The minimum absolute atomic E-state index is 0.694. The molecule has 2 aliphatic rings. The van der Waals surface area contributed by atoms with Crippen LogP contribution in [-0.4, -0.2) is 18.6 Å². The number of fused-ring (bicyclic) bond motifs is 1. The highest BCUT2D eigenvalue weighted by atomic mass is 32.1. The molecule has 112 valence electrons. The Kier molecular flexibility index (Phi) is 5.14. The van der Waals surface area contributed by atoms with E-state index in [4.69, 9.17) is 0 Å². The van der Waals surface area contributed by atoms with Crippen molar-refractivity contribution in [3.8, 4) is 0 Å². The molecule has 3 rings (SSSR count). The van der Waals surface area contributed by atoms with Gasteiger partial charge in [-0.25, -0.2) is 0 Å². The number of hydrogen-bond donors (Lipinski definition) is 2. The Balaban J connectivity index is 1.43. The zero-order chi connectivity index (χ0) is 13.8. The van der Waals surface area contributed by atoms with Crippen LogP contribution in [-0.2, 0) is 13.0 Å². The molecule has 0 spiro atoms. The molecule has 20 heavy (non-hydrogen) atoms. The SMILES string of the molecule is CCc1ccsc1CNCC1CCC2CCCCC2N1. The molecule has 2 nitrogen and oxygen atoms in total. The monoisotopic (exact) mass is 292 g/mol. The van der Waals surface area contributed by atoms with Gasteiger partial charge in [-0.05, 0) is 55.0 Å². The molecule has 2 fully saturated rings. The maximum atomic E-state index is 3.90. The molecule has 2 N–H and O–H groups in total. The Hall–Kier alpha value is -0.380. The summed E-state index contributed by atoms with van der Waals surface area (Å²) in [6.07, 6.45) is 9.74. The maximum absolute atomic E-state index is 3.90. The van der Waals surface area contributed by atoms with Crippen molar-refractivity contribution in [1.82, 2.24) is 10.6 Å². The summed E-state index contributed by atoms with van der Waals surface area (Å²) >= 11 is 1.90. The van der Waals surface area contributed by atoms with Crippen molar-refractivity contribution in [1.29, 1.82) is 0 Å². The molecule has 2 heterocycles. The molecule has 1 aromatic rings. The average Bonchev–Trinajstić information content (AvgIpc) is 2.95. The summed E-state index contributed by atoms with van der Waals surface area (Å²) in [5.74, 6) is 0.976. The second-order valence-electron chi connectivity index (χ2n) is 6.45. The van der Waals surface area contributed by atoms with E-state index in [0.717, 1.165) is 31.5 Å². The zero-order valence-corrected chi connectivity index (χ0v) is 13.5. The molecular weight excluding hydrogens is 264 g/mol. The van der Waals surface area contributed by atoms with Gasteiger partial charge in [0.25, 0.3) is 0 Å². The van der Waals surface area contributed by atoms with Gasteiger partial charge in [0.1, 0.15) is 0 Å². The first-order valence-corrected chi connectivity index (χ1v) is 9.26. The van der Waals surface area contributed by atoms with Crippen molar-refractivity contribution < 1.29 is 0 Å². The van der Waals surface area contributed by atoms with E-state index in [-0.39, 0.29) is 0 Å². The molecule has 0 aromatic carbocycles. The molecule has 1 aliphatic carbocycles. The van der Waals surface area contributed by atoms with E-state index in [2.05, 4.69) is 29.0 Å². The lowest BCUT2D eigenvalue weighted by Gasteiger charge is -2.40. The van der Waals surface area contributed by atoms with Gasteiger partial charge in [-0.3, -0.25) is 0 Å². The first-order chi connectivity index (χ1) is 9.86. The maximum Gasteiger partial charge on any atom is 0.0303 e. The van der Waals surface area contributed by atoms with Crippen LogP contribution in [0.4, 0.5) is 0 Å². The van der Waals surface area contributed by atoms with Crippen molar-refractivity contribution in [2.75, 3.05) is 6.54 Å². The van der Waals surface area contributed by atoms with Gasteiger partial charge < -0.3 is 10.6 Å². The second kappa shape index (κ2) is 7.06. The standard InChI is InChI=1S/C17H28N2S/c1-2-13-9-10-20-17(13)12-18-11-15-8-7-14-5-3-4-6-16(14)19-15/h9-10,14-16,18-19H,2-8,11-12H2,1H3. The second-order valence-corrected chi connectivity index (χ2v) is 7.45. The molecule has 1 saturated carbocycles. The number of hydrogen-bond acceptors (Lipinski definition) is 3. The van der Waals surface area contributed by atoms with Gasteiger partial charge in [0.15, 0.2) is 0 Å². The molecule has 0 radical (unpaired) electrons. The van der Waals surface area contributed by atoms with Crippen LogP contribution in [0, 0.1) is 5.92 Å². The summed E-state index contributed by atoms with van der Waals surface area (Å²) in [6, 6.07) is 3.78. The Labute approximate surface area is 127 Å². The van der Waals surface area contributed by atoms with Gasteiger partial charge in [0.2, 0.25) is 0 Å². The molecule has 0 bridgehead atoms. The van der Waals surface area contributed by atoms with Gasteiger partial charge in [-0.15, -0.1) is 11.3 Å². The number of aryl methyl sites for hydroxylation is 1. The number of rotatable bonds is 5. The first kappa shape index (κ1) is 14.6. The molecule has 1 saturated heterocycles. The van der Waals surface area contributed by atoms with E-state index in [0.29, 0.717) is 6.04 Å². The smallest absolute Gasteiger partial charge is 0.0303 e. The Morgan fingerprint density at radius 3 is 3.05 bits per heavy atom.